The van der Waals surface area contributed by atoms with Gasteiger partial charge in [0.25, 0.3) is 0 Å². The van der Waals surface area contributed by atoms with Gasteiger partial charge in [-0.3, -0.25) is 9.58 Å². The molecule has 2 aliphatic heterocycles. The number of ether oxygens (including phenoxy) is 2. The highest BCUT2D eigenvalue weighted by Crippen LogP contribution is 2.19. The van der Waals surface area contributed by atoms with Crippen LogP contribution < -0.4 is 0 Å². The van der Waals surface area contributed by atoms with E-state index in [1.165, 1.54) is 19.3 Å². The molecule has 0 amide bonds. The number of nitrogens with zero attached hydrogens (tertiary/aromatic N) is 3. The molecule has 0 radical (unpaired) electrons. The third kappa shape index (κ3) is 5.28. The molecule has 2 saturated heterocycles. The monoisotopic (exact) mass is 323 g/mol. The fourth-order valence-electron chi connectivity index (χ4n) is 3.57. The molecule has 23 heavy (non-hydrogen) atoms. The second kappa shape index (κ2) is 8.78. The van der Waals surface area contributed by atoms with Crippen LogP contribution in [0.1, 0.15) is 32.1 Å². The van der Waals surface area contributed by atoms with Gasteiger partial charge in [0.05, 0.1) is 32.0 Å². The number of aliphatic hydroxyl groups is 1. The van der Waals surface area contributed by atoms with Gasteiger partial charge in [-0.25, -0.2) is 0 Å². The smallest absolute Gasteiger partial charge is 0.0900 e. The second-order valence-electron chi connectivity index (χ2n) is 6.70. The maximum atomic E-state index is 10.3. The fraction of sp³-hybridized carbons (Fsp3) is 0.824. The van der Waals surface area contributed by atoms with Crippen LogP contribution in [0.15, 0.2) is 18.5 Å². The van der Waals surface area contributed by atoms with Gasteiger partial charge in [0, 0.05) is 31.6 Å². The Morgan fingerprint density at radius 1 is 1.30 bits per heavy atom. The van der Waals surface area contributed by atoms with Gasteiger partial charge >= 0.3 is 0 Å². The quantitative estimate of drug-likeness (QED) is 0.781. The van der Waals surface area contributed by atoms with E-state index < -0.39 is 6.10 Å². The third-order valence-corrected chi connectivity index (χ3v) is 4.79. The molecule has 0 bridgehead atoms. The summed E-state index contributed by atoms with van der Waals surface area (Å²) in [6, 6.07) is 2.41. The van der Waals surface area contributed by atoms with Crippen molar-refractivity contribution in [3.8, 4) is 0 Å². The summed E-state index contributed by atoms with van der Waals surface area (Å²) in [4.78, 5) is 2.39. The molecule has 0 unspecified atom stereocenters. The molecule has 3 atom stereocenters. The standard InChI is InChI=1S/C17H29N3O3/c21-16(13-22-14-17-6-3-10-23-17)12-19-8-2-1-5-15(19)11-20-9-4-7-18-20/h4,7,9,15-17,21H,1-3,5-6,8,10-14H2/t15-,16-,17-/m0/s1. The van der Waals surface area contributed by atoms with Crippen molar-refractivity contribution in [3.05, 3.63) is 18.5 Å². The highest BCUT2D eigenvalue weighted by atomic mass is 16.5. The normalized spacial score (nSPS) is 27.3. The lowest BCUT2D eigenvalue weighted by Crippen LogP contribution is -2.46. The molecule has 3 heterocycles. The van der Waals surface area contributed by atoms with Crippen LogP contribution in [-0.4, -0.2) is 70.9 Å². The first-order valence-corrected chi connectivity index (χ1v) is 8.90. The van der Waals surface area contributed by atoms with Crippen molar-refractivity contribution in [2.75, 3.05) is 32.9 Å². The molecule has 3 rings (SSSR count). The lowest BCUT2D eigenvalue weighted by atomic mass is 10.0. The minimum absolute atomic E-state index is 0.227. The minimum Gasteiger partial charge on any atom is -0.389 e. The summed E-state index contributed by atoms with van der Waals surface area (Å²) in [5.41, 5.74) is 0. The Balaban J connectivity index is 1.40. The summed E-state index contributed by atoms with van der Waals surface area (Å²) < 4.78 is 13.2. The van der Waals surface area contributed by atoms with Crippen LogP contribution in [0.3, 0.4) is 0 Å². The number of rotatable bonds is 8. The van der Waals surface area contributed by atoms with E-state index in [9.17, 15) is 5.11 Å². The molecule has 0 aliphatic carbocycles. The molecule has 1 aromatic rings. The van der Waals surface area contributed by atoms with Crippen molar-refractivity contribution in [1.82, 2.24) is 14.7 Å². The lowest BCUT2D eigenvalue weighted by molar-refractivity contribution is -0.0322. The number of β-amino-alcohol motifs (C(OH)–C–C–N with tert-alkyl or cyclic N) is 1. The third-order valence-electron chi connectivity index (χ3n) is 4.79. The van der Waals surface area contributed by atoms with Gasteiger partial charge in [-0.2, -0.15) is 5.10 Å². The first kappa shape index (κ1) is 16.9. The van der Waals surface area contributed by atoms with Crippen molar-refractivity contribution in [1.29, 1.82) is 0 Å². The van der Waals surface area contributed by atoms with Crippen LogP contribution in [0.25, 0.3) is 0 Å². The van der Waals surface area contributed by atoms with Crippen molar-refractivity contribution >= 4 is 0 Å². The van der Waals surface area contributed by atoms with Crippen LogP contribution in [-0.2, 0) is 16.0 Å². The molecular weight excluding hydrogens is 294 g/mol. The summed E-state index contributed by atoms with van der Waals surface area (Å²) >= 11 is 0. The summed E-state index contributed by atoms with van der Waals surface area (Å²) in [5.74, 6) is 0. The molecule has 2 fully saturated rings. The zero-order chi connectivity index (χ0) is 15.9. The predicted octanol–water partition coefficient (Wildman–Crippen LogP) is 1.29. The van der Waals surface area contributed by atoms with Crippen molar-refractivity contribution < 1.29 is 14.6 Å². The highest BCUT2D eigenvalue weighted by Gasteiger charge is 2.25. The van der Waals surface area contributed by atoms with Crippen LogP contribution in [0.4, 0.5) is 0 Å². The van der Waals surface area contributed by atoms with Crippen LogP contribution in [0.2, 0.25) is 0 Å². The number of likely N-dealkylation sites (tertiary alicyclic amines) is 1. The molecule has 1 aromatic heterocycles. The van der Waals surface area contributed by atoms with Crippen LogP contribution >= 0.6 is 0 Å². The maximum absolute atomic E-state index is 10.3. The largest absolute Gasteiger partial charge is 0.389 e. The number of piperidine rings is 1. The first-order valence-electron chi connectivity index (χ1n) is 8.90. The molecule has 0 spiro atoms. The fourth-order valence-corrected chi connectivity index (χ4v) is 3.57. The first-order chi connectivity index (χ1) is 11.3. The predicted molar refractivity (Wildman–Crippen MR) is 87.2 cm³/mol. The molecule has 6 heteroatoms. The minimum atomic E-state index is -0.436. The van der Waals surface area contributed by atoms with Gasteiger partial charge < -0.3 is 14.6 Å². The molecule has 1 N–H and O–H groups in total. The molecule has 0 aromatic carbocycles. The van der Waals surface area contributed by atoms with Crippen LogP contribution in [0, 0.1) is 0 Å². The summed E-state index contributed by atoms with van der Waals surface area (Å²) in [5, 5.41) is 14.6. The van der Waals surface area contributed by atoms with E-state index in [0.717, 1.165) is 32.5 Å². The number of hydrogen-bond donors (Lipinski definition) is 1. The Kier molecular flexibility index (Phi) is 6.45. The van der Waals surface area contributed by atoms with E-state index in [1.807, 2.05) is 23.1 Å². The average Bonchev–Trinajstić information content (AvgIpc) is 3.23. The van der Waals surface area contributed by atoms with E-state index in [2.05, 4.69) is 10.00 Å². The van der Waals surface area contributed by atoms with Gasteiger partial charge in [0.15, 0.2) is 0 Å². The summed E-state index contributed by atoms with van der Waals surface area (Å²) in [6.07, 6.45) is 9.46. The molecule has 2 aliphatic rings. The van der Waals surface area contributed by atoms with E-state index in [4.69, 9.17) is 9.47 Å². The van der Waals surface area contributed by atoms with E-state index in [0.29, 0.717) is 25.8 Å². The molecule has 130 valence electrons. The lowest BCUT2D eigenvalue weighted by Gasteiger charge is -2.36. The zero-order valence-electron chi connectivity index (χ0n) is 13.8. The Bertz CT molecular complexity index is 434. The van der Waals surface area contributed by atoms with E-state index >= 15 is 0 Å². The Morgan fingerprint density at radius 2 is 2.26 bits per heavy atom. The Morgan fingerprint density at radius 3 is 3.04 bits per heavy atom. The van der Waals surface area contributed by atoms with Crippen molar-refractivity contribution in [3.63, 3.8) is 0 Å². The van der Waals surface area contributed by atoms with E-state index in [-0.39, 0.29) is 6.10 Å². The topological polar surface area (TPSA) is 59.8 Å². The maximum Gasteiger partial charge on any atom is 0.0900 e. The van der Waals surface area contributed by atoms with Crippen molar-refractivity contribution in [2.45, 2.75) is 56.9 Å². The number of aliphatic hydroxyl groups excluding tert-OH is 1. The van der Waals surface area contributed by atoms with Crippen LogP contribution in [0.5, 0.6) is 0 Å². The number of hydrogen-bond acceptors (Lipinski definition) is 5. The molecular formula is C17H29N3O3. The number of aromatic nitrogens is 2. The molecule has 0 saturated carbocycles. The Hall–Kier alpha value is -0.950. The SMILES string of the molecule is O[C@H](COC[C@@H]1CCCO1)CN1CCCC[C@H]1Cn1cccn1. The van der Waals surface area contributed by atoms with Gasteiger partial charge in [0.2, 0.25) is 0 Å². The Labute approximate surface area is 138 Å². The molecule has 6 nitrogen and oxygen atoms in total. The average molecular weight is 323 g/mol. The summed E-state index contributed by atoms with van der Waals surface area (Å²) in [7, 11) is 0. The zero-order valence-corrected chi connectivity index (χ0v) is 13.8. The second-order valence-corrected chi connectivity index (χ2v) is 6.70. The highest BCUT2D eigenvalue weighted by molar-refractivity contribution is 4.83. The van der Waals surface area contributed by atoms with Gasteiger partial charge in [0.1, 0.15) is 0 Å². The van der Waals surface area contributed by atoms with Crippen molar-refractivity contribution in [2.24, 2.45) is 0 Å². The van der Waals surface area contributed by atoms with E-state index in [1.54, 1.807) is 0 Å². The summed E-state index contributed by atoms with van der Waals surface area (Å²) in [6.45, 7) is 4.47. The van der Waals surface area contributed by atoms with Gasteiger partial charge in [-0.1, -0.05) is 6.42 Å². The van der Waals surface area contributed by atoms with Gasteiger partial charge in [-0.15, -0.1) is 0 Å². The van der Waals surface area contributed by atoms with Gasteiger partial charge in [-0.05, 0) is 38.3 Å².